The van der Waals surface area contributed by atoms with E-state index in [-0.39, 0.29) is 11.7 Å². The Morgan fingerprint density at radius 2 is 2.19 bits per heavy atom. The number of rotatable bonds is 4. The standard InChI is InChI=1S/C20H19BrN2O3/c1-3-25-18-7-13-6-12(2)26-19(13)8-14(18)10-23-11-22-17-5-4-15(21)9-16(17)20(23)24/h4-5,7-9,11-12H,3,6,10H2,1-2H3. The van der Waals surface area contributed by atoms with E-state index in [1.54, 1.807) is 17.0 Å². The van der Waals surface area contributed by atoms with E-state index in [1.807, 2.05) is 31.2 Å². The Balaban J connectivity index is 1.77. The third-order valence-corrected chi connectivity index (χ3v) is 5.00. The molecule has 0 aliphatic carbocycles. The molecule has 0 fully saturated rings. The number of nitrogens with zero attached hydrogens (tertiary/aromatic N) is 2. The van der Waals surface area contributed by atoms with Gasteiger partial charge in [-0.3, -0.25) is 9.36 Å². The Kier molecular flexibility index (Phi) is 4.44. The zero-order valence-corrected chi connectivity index (χ0v) is 16.2. The van der Waals surface area contributed by atoms with Gasteiger partial charge in [0.1, 0.15) is 17.6 Å². The lowest BCUT2D eigenvalue weighted by Crippen LogP contribution is -2.21. The maximum Gasteiger partial charge on any atom is 0.261 e. The number of fused-ring (bicyclic) bond motifs is 2. The molecule has 0 bridgehead atoms. The fourth-order valence-electron chi connectivity index (χ4n) is 3.32. The van der Waals surface area contributed by atoms with Crippen molar-refractivity contribution in [2.24, 2.45) is 0 Å². The summed E-state index contributed by atoms with van der Waals surface area (Å²) in [5, 5.41) is 0.589. The fourth-order valence-corrected chi connectivity index (χ4v) is 3.68. The van der Waals surface area contributed by atoms with Crippen molar-refractivity contribution in [1.82, 2.24) is 9.55 Å². The van der Waals surface area contributed by atoms with Crippen molar-refractivity contribution in [3.63, 3.8) is 0 Å². The van der Waals surface area contributed by atoms with Crippen LogP contribution in [0, 0.1) is 0 Å². The highest BCUT2D eigenvalue weighted by molar-refractivity contribution is 9.10. The molecule has 3 aromatic rings. The molecule has 0 radical (unpaired) electrons. The van der Waals surface area contributed by atoms with Gasteiger partial charge in [0, 0.05) is 22.0 Å². The van der Waals surface area contributed by atoms with Crippen molar-refractivity contribution in [1.29, 1.82) is 0 Å². The minimum Gasteiger partial charge on any atom is -0.494 e. The lowest BCUT2D eigenvalue weighted by atomic mass is 10.1. The van der Waals surface area contributed by atoms with Crippen LogP contribution in [0.5, 0.6) is 11.5 Å². The Labute approximate surface area is 159 Å². The number of ether oxygens (including phenoxy) is 2. The van der Waals surface area contributed by atoms with Crippen LogP contribution >= 0.6 is 15.9 Å². The Morgan fingerprint density at radius 1 is 1.35 bits per heavy atom. The highest BCUT2D eigenvalue weighted by Crippen LogP contribution is 2.35. The van der Waals surface area contributed by atoms with Crippen molar-refractivity contribution in [2.45, 2.75) is 32.9 Å². The zero-order chi connectivity index (χ0) is 18.3. The van der Waals surface area contributed by atoms with Crippen LogP contribution < -0.4 is 15.0 Å². The normalized spacial score (nSPS) is 15.7. The minimum atomic E-state index is -0.0754. The molecule has 1 aromatic heterocycles. The van der Waals surface area contributed by atoms with Gasteiger partial charge in [0.15, 0.2) is 0 Å². The van der Waals surface area contributed by atoms with Gasteiger partial charge in [-0.2, -0.15) is 0 Å². The molecular formula is C20H19BrN2O3. The van der Waals surface area contributed by atoms with Gasteiger partial charge in [0.25, 0.3) is 5.56 Å². The Morgan fingerprint density at radius 3 is 3.00 bits per heavy atom. The quantitative estimate of drug-likeness (QED) is 0.648. The predicted molar refractivity (Wildman–Crippen MR) is 104 cm³/mol. The van der Waals surface area contributed by atoms with Crippen molar-refractivity contribution in [3.8, 4) is 11.5 Å². The third-order valence-electron chi connectivity index (χ3n) is 4.51. The van der Waals surface area contributed by atoms with E-state index in [4.69, 9.17) is 9.47 Å². The average molecular weight is 415 g/mol. The van der Waals surface area contributed by atoms with E-state index >= 15 is 0 Å². The van der Waals surface area contributed by atoms with Crippen molar-refractivity contribution >= 4 is 26.8 Å². The van der Waals surface area contributed by atoms with E-state index in [2.05, 4.69) is 27.8 Å². The topological polar surface area (TPSA) is 53.4 Å². The van der Waals surface area contributed by atoms with Crippen LogP contribution in [-0.4, -0.2) is 22.3 Å². The van der Waals surface area contributed by atoms with Gasteiger partial charge >= 0.3 is 0 Å². The van der Waals surface area contributed by atoms with Gasteiger partial charge in [-0.15, -0.1) is 0 Å². The van der Waals surface area contributed by atoms with Crippen molar-refractivity contribution in [3.05, 3.63) is 62.6 Å². The molecule has 0 saturated carbocycles. The number of hydrogen-bond donors (Lipinski definition) is 0. The Hall–Kier alpha value is -2.34. The Bertz CT molecular complexity index is 1050. The fraction of sp³-hybridized carbons (Fsp3) is 0.300. The first kappa shape index (κ1) is 17.1. The smallest absolute Gasteiger partial charge is 0.261 e. The predicted octanol–water partition coefficient (Wildman–Crippen LogP) is 3.93. The molecule has 0 saturated heterocycles. The molecule has 26 heavy (non-hydrogen) atoms. The van der Waals surface area contributed by atoms with Crippen molar-refractivity contribution < 1.29 is 9.47 Å². The number of hydrogen-bond acceptors (Lipinski definition) is 4. The average Bonchev–Trinajstić information content (AvgIpc) is 2.97. The molecule has 1 aliphatic rings. The first-order valence-corrected chi connectivity index (χ1v) is 9.44. The second-order valence-electron chi connectivity index (χ2n) is 6.47. The SMILES string of the molecule is CCOc1cc2c(cc1Cn1cnc3ccc(Br)cc3c1=O)OC(C)C2. The lowest BCUT2D eigenvalue weighted by Gasteiger charge is -2.14. The summed E-state index contributed by atoms with van der Waals surface area (Å²) in [6.07, 6.45) is 2.63. The van der Waals surface area contributed by atoms with E-state index in [0.29, 0.717) is 24.1 Å². The summed E-state index contributed by atoms with van der Waals surface area (Å²) in [6.45, 7) is 4.96. The van der Waals surface area contributed by atoms with Gasteiger partial charge in [-0.1, -0.05) is 15.9 Å². The van der Waals surface area contributed by atoms with Crippen molar-refractivity contribution in [2.75, 3.05) is 6.61 Å². The number of halogens is 1. The molecule has 5 nitrogen and oxygen atoms in total. The van der Waals surface area contributed by atoms with Crippen LogP contribution in [0.25, 0.3) is 10.9 Å². The zero-order valence-electron chi connectivity index (χ0n) is 14.7. The highest BCUT2D eigenvalue weighted by atomic mass is 79.9. The first-order chi connectivity index (χ1) is 12.5. The molecule has 1 aliphatic heterocycles. The molecule has 1 atom stereocenters. The second kappa shape index (κ2) is 6.76. The van der Waals surface area contributed by atoms with E-state index < -0.39 is 0 Å². The summed E-state index contributed by atoms with van der Waals surface area (Å²) in [5.74, 6) is 1.67. The molecule has 0 amide bonds. The molecule has 134 valence electrons. The molecule has 2 heterocycles. The summed E-state index contributed by atoms with van der Waals surface area (Å²) in [6, 6.07) is 9.54. The van der Waals surface area contributed by atoms with Gasteiger partial charge in [0.05, 0.1) is 30.4 Å². The molecule has 1 unspecified atom stereocenters. The summed E-state index contributed by atoms with van der Waals surface area (Å²) < 4.78 is 14.2. The maximum atomic E-state index is 12.9. The minimum absolute atomic E-state index is 0.0754. The van der Waals surface area contributed by atoms with Gasteiger partial charge in [-0.25, -0.2) is 4.98 Å². The maximum absolute atomic E-state index is 12.9. The third kappa shape index (κ3) is 3.09. The first-order valence-electron chi connectivity index (χ1n) is 8.65. The van der Waals surface area contributed by atoms with Gasteiger partial charge < -0.3 is 9.47 Å². The number of benzene rings is 2. The molecule has 0 N–H and O–H groups in total. The molecule has 2 aromatic carbocycles. The molecule has 6 heteroatoms. The summed E-state index contributed by atoms with van der Waals surface area (Å²) in [4.78, 5) is 17.3. The molecule has 4 rings (SSSR count). The number of aromatic nitrogens is 2. The monoisotopic (exact) mass is 414 g/mol. The molecule has 0 spiro atoms. The van der Waals surface area contributed by atoms with E-state index in [0.717, 1.165) is 33.5 Å². The van der Waals surface area contributed by atoms with Crippen LogP contribution in [-0.2, 0) is 13.0 Å². The second-order valence-corrected chi connectivity index (χ2v) is 7.39. The highest BCUT2D eigenvalue weighted by Gasteiger charge is 2.22. The van der Waals surface area contributed by atoms with E-state index in [9.17, 15) is 4.79 Å². The summed E-state index contributed by atoms with van der Waals surface area (Å²) in [7, 11) is 0. The summed E-state index contributed by atoms with van der Waals surface area (Å²) in [5.41, 5.74) is 2.68. The lowest BCUT2D eigenvalue weighted by molar-refractivity contribution is 0.254. The summed E-state index contributed by atoms with van der Waals surface area (Å²) >= 11 is 3.42. The molecular weight excluding hydrogens is 396 g/mol. The van der Waals surface area contributed by atoms with Crippen LogP contribution in [0.1, 0.15) is 25.0 Å². The van der Waals surface area contributed by atoms with Crippen LogP contribution in [0.2, 0.25) is 0 Å². The largest absolute Gasteiger partial charge is 0.494 e. The van der Waals surface area contributed by atoms with Gasteiger partial charge in [0.2, 0.25) is 0 Å². The van der Waals surface area contributed by atoms with Crippen LogP contribution in [0.4, 0.5) is 0 Å². The van der Waals surface area contributed by atoms with Gasteiger partial charge in [-0.05, 0) is 44.2 Å². The van der Waals surface area contributed by atoms with Crippen LogP contribution in [0.15, 0.2) is 45.9 Å². The van der Waals surface area contributed by atoms with E-state index in [1.165, 1.54) is 0 Å². The van der Waals surface area contributed by atoms with Crippen LogP contribution in [0.3, 0.4) is 0 Å².